The zero-order valence-corrected chi connectivity index (χ0v) is 13.4. The highest BCUT2D eigenvalue weighted by molar-refractivity contribution is 7.89. The van der Waals surface area contributed by atoms with E-state index < -0.39 is 10.0 Å². The number of nitrogens with two attached hydrogens (primary N) is 1. The molecule has 0 amide bonds. The van der Waals surface area contributed by atoms with Crippen molar-refractivity contribution in [2.45, 2.75) is 17.9 Å². The number of sulfonamides is 1. The molecule has 112 valence electrons. The third-order valence-corrected chi connectivity index (χ3v) is 5.93. The number of nitrogens with zero attached hydrogens (tertiary/aromatic N) is 2. The van der Waals surface area contributed by atoms with Crippen LogP contribution in [0.5, 0.6) is 0 Å². The fraction of sp³-hybridized carbons (Fsp3) is 0.538. The lowest BCUT2D eigenvalue weighted by Gasteiger charge is -2.22. The van der Waals surface area contributed by atoms with Crippen molar-refractivity contribution >= 4 is 27.3 Å². The number of rotatable bonds is 3. The zero-order valence-electron chi connectivity index (χ0n) is 11.9. The maximum Gasteiger partial charge on any atom is 0.245 e. The fourth-order valence-electron chi connectivity index (χ4n) is 2.67. The second-order valence-corrected chi connectivity index (χ2v) is 7.86. The largest absolute Gasteiger partial charge is 0.398 e. The van der Waals surface area contributed by atoms with E-state index in [1.807, 2.05) is 14.1 Å². The summed E-state index contributed by atoms with van der Waals surface area (Å²) in [5.41, 5.74) is 6.00. The molecule has 1 aliphatic heterocycles. The van der Waals surface area contributed by atoms with Gasteiger partial charge in [0.05, 0.1) is 5.69 Å². The first-order chi connectivity index (χ1) is 9.23. The van der Waals surface area contributed by atoms with Gasteiger partial charge < -0.3 is 10.6 Å². The molecule has 2 unspecified atom stereocenters. The lowest BCUT2D eigenvalue weighted by atomic mass is 10.1. The standard InChI is InChI=1S/C13H20ClN3O2S/c1-9-7-17(8-12(9)16(2)3)20(18,19)13-5-4-10(14)6-11(13)15/h4-6,9,12H,7-8,15H2,1-3H3. The van der Waals surface area contributed by atoms with E-state index in [0.29, 0.717) is 18.1 Å². The van der Waals surface area contributed by atoms with Gasteiger partial charge in [0.1, 0.15) is 4.90 Å². The summed E-state index contributed by atoms with van der Waals surface area (Å²) >= 11 is 5.82. The summed E-state index contributed by atoms with van der Waals surface area (Å²) in [5, 5.41) is 0.433. The molecule has 0 saturated carbocycles. The molecule has 1 fully saturated rings. The molecule has 1 heterocycles. The Morgan fingerprint density at radius 1 is 1.35 bits per heavy atom. The number of halogens is 1. The second-order valence-electron chi connectivity index (χ2n) is 5.51. The number of likely N-dealkylation sites (N-methyl/N-ethyl adjacent to an activating group) is 1. The van der Waals surface area contributed by atoms with Gasteiger partial charge in [0, 0.05) is 24.2 Å². The van der Waals surface area contributed by atoms with Crippen LogP contribution in [0.15, 0.2) is 23.1 Å². The highest BCUT2D eigenvalue weighted by Gasteiger charge is 2.38. The summed E-state index contributed by atoms with van der Waals surface area (Å²) in [5.74, 6) is 0.285. The molecule has 2 rings (SSSR count). The molecule has 0 radical (unpaired) electrons. The van der Waals surface area contributed by atoms with Crippen molar-refractivity contribution < 1.29 is 8.42 Å². The maximum atomic E-state index is 12.7. The van der Waals surface area contributed by atoms with Gasteiger partial charge in [0.25, 0.3) is 0 Å². The van der Waals surface area contributed by atoms with E-state index in [0.717, 1.165) is 0 Å². The van der Waals surface area contributed by atoms with Crippen molar-refractivity contribution in [1.29, 1.82) is 0 Å². The van der Waals surface area contributed by atoms with Crippen LogP contribution in [0.4, 0.5) is 5.69 Å². The molecule has 1 saturated heterocycles. The number of hydrogen-bond donors (Lipinski definition) is 1. The average Bonchev–Trinajstić information content (AvgIpc) is 2.71. The van der Waals surface area contributed by atoms with Crippen molar-refractivity contribution in [3.05, 3.63) is 23.2 Å². The molecular formula is C13H20ClN3O2S. The summed E-state index contributed by atoms with van der Waals surface area (Å²) in [7, 11) is 0.370. The Morgan fingerprint density at radius 3 is 2.50 bits per heavy atom. The lowest BCUT2D eigenvalue weighted by molar-refractivity contribution is 0.263. The monoisotopic (exact) mass is 317 g/mol. The smallest absolute Gasteiger partial charge is 0.245 e. The highest BCUT2D eigenvalue weighted by Crippen LogP contribution is 2.30. The third kappa shape index (κ3) is 2.79. The van der Waals surface area contributed by atoms with Crippen molar-refractivity contribution in [1.82, 2.24) is 9.21 Å². The Labute approximate surface area is 125 Å². The summed E-state index contributed by atoms with van der Waals surface area (Å²) in [6.07, 6.45) is 0. The minimum atomic E-state index is -3.56. The number of hydrogen-bond acceptors (Lipinski definition) is 4. The van der Waals surface area contributed by atoms with Crippen LogP contribution in [-0.2, 0) is 10.0 Å². The van der Waals surface area contributed by atoms with Gasteiger partial charge in [0.15, 0.2) is 0 Å². The Bertz CT molecular complexity index is 604. The summed E-state index contributed by atoms with van der Waals surface area (Å²) in [6.45, 7) is 3.05. The molecule has 1 aliphatic rings. The molecular weight excluding hydrogens is 298 g/mol. The predicted octanol–water partition coefficient (Wildman–Crippen LogP) is 1.49. The van der Waals surface area contributed by atoms with E-state index in [4.69, 9.17) is 17.3 Å². The third-order valence-electron chi connectivity index (χ3n) is 3.79. The van der Waals surface area contributed by atoms with Gasteiger partial charge >= 0.3 is 0 Å². The minimum absolute atomic E-state index is 0.133. The Kier molecular flexibility index (Phi) is 4.30. The molecule has 0 bridgehead atoms. The van der Waals surface area contributed by atoms with Gasteiger partial charge in [-0.1, -0.05) is 18.5 Å². The molecule has 0 spiro atoms. The van der Waals surface area contributed by atoms with Gasteiger partial charge in [-0.25, -0.2) is 8.42 Å². The Morgan fingerprint density at radius 2 is 2.00 bits per heavy atom. The zero-order chi connectivity index (χ0) is 15.1. The first-order valence-electron chi connectivity index (χ1n) is 6.45. The topological polar surface area (TPSA) is 66.6 Å². The van der Waals surface area contributed by atoms with E-state index >= 15 is 0 Å². The molecule has 2 atom stereocenters. The summed E-state index contributed by atoms with van der Waals surface area (Å²) in [4.78, 5) is 2.19. The Hall–Kier alpha value is -0.820. The van der Waals surface area contributed by atoms with Gasteiger partial charge in [-0.3, -0.25) is 0 Å². The van der Waals surface area contributed by atoms with Crippen molar-refractivity contribution in [3.63, 3.8) is 0 Å². The van der Waals surface area contributed by atoms with Crippen LogP contribution < -0.4 is 5.73 Å². The molecule has 1 aromatic rings. The highest BCUT2D eigenvalue weighted by atomic mass is 35.5. The van der Waals surface area contributed by atoms with E-state index in [9.17, 15) is 8.42 Å². The van der Waals surface area contributed by atoms with E-state index in [2.05, 4.69) is 11.8 Å². The SMILES string of the molecule is CC1CN(S(=O)(=O)c2ccc(Cl)cc2N)CC1N(C)C. The molecule has 20 heavy (non-hydrogen) atoms. The van der Waals surface area contributed by atoms with Gasteiger partial charge in [-0.05, 0) is 38.2 Å². The van der Waals surface area contributed by atoms with Gasteiger partial charge in [-0.15, -0.1) is 0 Å². The average molecular weight is 318 g/mol. The number of nitrogen functional groups attached to an aromatic ring is 1. The first-order valence-corrected chi connectivity index (χ1v) is 8.27. The van der Waals surface area contributed by atoms with Crippen LogP contribution in [-0.4, -0.2) is 50.8 Å². The molecule has 2 N–H and O–H groups in total. The Balaban J connectivity index is 2.32. The number of anilines is 1. The quantitative estimate of drug-likeness (QED) is 0.858. The maximum absolute atomic E-state index is 12.7. The minimum Gasteiger partial charge on any atom is -0.398 e. The van der Waals surface area contributed by atoms with Crippen LogP contribution in [0.3, 0.4) is 0 Å². The van der Waals surface area contributed by atoms with E-state index in [1.165, 1.54) is 16.4 Å². The van der Waals surface area contributed by atoms with Gasteiger partial charge in [-0.2, -0.15) is 4.31 Å². The summed E-state index contributed by atoms with van der Waals surface area (Å²) < 4.78 is 26.8. The van der Waals surface area contributed by atoms with E-state index in [-0.39, 0.29) is 22.5 Å². The van der Waals surface area contributed by atoms with Crippen LogP contribution in [0.2, 0.25) is 5.02 Å². The first kappa shape index (κ1) is 15.6. The van der Waals surface area contributed by atoms with Gasteiger partial charge in [0.2, 0.25) is 10.0 Å². The second kappa shape index (κ2) is 5.52. The molecule has 0 aliphatic carbocycles. The predicted molar refractivity (Wildman–Crippen MR) is 81.3 cm³/mol. The van der Waals surface area contributed by atoms with Crippen molar-refractivity contribution in [3.8, 4) is 0 Å². The van der Waals surface area contributed by atoms with Crippen molar-refractivity contribution in [2.75, 3.05) is 32.9 Å². The van der Waals surface area contributed by atoms with Crippen LogP contribution in [0.1, 0.15) is 6.92 Å². The van der Waals surface area contributed by atoms with Crippen LogP contribution in [0.25, 0.3) is 0 Å². The molecule has 7 heteroatoms. The fourth-order valence-corrected chi connectivity index (χ4v) is 4.50. The molecule has 5 nitrogen and oxygen atoms in total. The van der Waals surface area contributed by atoms with E-state index in [1.54, 1.807) is 6.07 Å². The van der Waals surface area contributed by atoms with Crippen LogP contribution >= 0.6 is 11.6 Å². The molecule has 0 aromatic heterocycles. The van der Waals surface area contributed by atoms with Crippen LogP contribution in [0, 0.1) is 5.92 Å². The molecule has 1 aromatic carbocycles. The van der Waals surface area contributed by atoms with Crippen molar-refractivity contribution in [2.24, 2.45) is 5.92 Å². The number of benzene rings is 1. The summed E-state index contributed by atoms with van der Waals surface area (Å²) in [6, 6.07) is 4.71. The normalized spacial score (nSPS) is 24.4. The lowest BCUT2D eigenvalue weighted by Crippen LogP contribution is -2.35.